The van der Waals surface area contributed by atoms with Gasteiger partial charge in [0.15, 0.2) is 5.11 Å². The van der Waals surface area contributed by atoms with Crippen LogP contribution in [0.25, 0.3) is 0 Å². The fraction of sp³-hybridized carbons (Fsp3) is 0.524. The molecular weight excluding hydrogens is 398 g/mol. The summed E-state index contributed by atoms with van der Waals surface area (Å²) in [5.41, 5.74) is 1.06. The molecule has 1 atom stereocenters. The zero-order valence-electron chi connectivity index (χ0n) is 17.4. The number of pyridine rings is 1. The number of nitrogens with zero attached hydrogens (tertiary/aromatic N) is 5. The van der Waals surface area contributed by atoms with E-state index in [9.17, 15) is 0 Å². The van der Waals surface area contributed by atoms with Gasteiger partial charge in [-0.05, 0) is 50.0 Å². The first-order valence-electron chi connectivity index (χ1n) is 10.6. The van der Waals surface area contributed by atoms with Gasteiger partial charge < -0.3 is 25.2 Å². The molecule has 30 heavy (non-hydrogen) atoms. The van der Waals surface area contributed by atoms with Crippen LogP contribution in [-0.2, 0) is 11.3 Å². The average Bonchev–Trinajstić information content (AvgIpc) is 2.79. The Balaban J connectivity index is 1.51. The highest BCUT2D eigenvalue weighted by Gasteiger charge is 2.23. The van der Waals surface area contributed by atoms with Crippen molar-refractivity contribution in [2.75, 3.05) is 48.0 Å². The van der Waals surface area contributed by atoms with Crippen LogP contribution >= 0.6 is 12.2 Å². The number of morpholine rings is 1. The Labute approximate surface area is 183 Å². The Morgan fingerprint density at radius 3 is 2.80 bits per heavy atom. The van der Waals surface area contributed by atoms with E-state index in [4.69, 9.17) is 26.9 Å². The van der Waals surface area contributed by atoms with Gasteiger partial charge in [0.2, 0.25) is 5.95 Å². The number of rotatable bonds is 5. The number of nitrogens with one attached hydrogen (secondary N) is 2. The number of aromatic nitrogens is 3. The number of piperidine rings is 1. The Morgan fingerprint density at radius 1 is 1.20 bits per heavy atom. The van der Waals surface area contributed by atoms with Gasteiger partial charge in [0.1, 0.15) is 11.6 Å². The molecular formula is C21H29N7OS. The summed E-state index contributed by atoms with van der Waals surface area (Å²) < 4.78 is 5.51. The van der Waals surface area contributed by atoms with Gasteiger partial charge in [0.25, 0.3) is 0 Å². The highest BCUT2D eigenvalue weighted by Crippen LogP contribution is 2.27. The second kappa shape index (κ2) is 9.99. The third kappa shape index (κ3) is 5.34. The summed E-state index contributed by atoms with van der Waals surface area (Å²) in [5.74, 6) is 2.39. The van der Waals surface area contributed by atoms with Crippen molar-refractivity contribution >= 4 is 34.9 Å². The van der Waals surface area contributed by atoms with Crippen LogP contribution in [0.5, 0.6) is 0 Å². The van der Waals surface area contributed by atoms with Crippen molar-refractivity contribution < 1.29 is 4.74 Å². The van der Waals surface area contributed by atoms with Crippen LogP contribution in [0.1, 0.15) is 31.7 Å². The third-order valence-corrected chi connectivity index (χ3v) is 5.78. The minimum Gasteiger partial charge on any atom is -0.378 e. The molecule has 0 unspecified atom stereocenters. The second-order valence-electron chi connectivity index (χ2n) is 7.71. The lowest BCUT2D eigenvalue weighted by molar-refractivity contribution is 0.122. The van der Waals surface area contributed by atoms with Crippen molar-refractivity contribution in [2.45, 2.75) is 38.8 Å². The van der Waals surface area contributed by atoms with Crippen molar-refractivity contribution in [3.8, 4) is 0 Å². The number of ether oxygens (including phenoxy) is 1. The molecule has 0 saturated carbocycles. The molecule has 2 aromatic rings. The van der Waals surface area contributed by atoms with Gasteiger partial charge in [0.05, 0.1) is 13.2 Å². The van der Waals surface area contributed by atoms with Crippen molar-refractivity contribution in [3.63, 3.8) is 0 Å². The van der Waals surface area contributed by atoms with E-state index >= 15 is 0 Å². The zero-order valence-corrected chi connectivity index (χ0v) is 18.2. The van der Waals surface area contributed by atoms with E-state index in [2.05, 4.69) is 38.4 Å². The monoisotopic (exact) mass is 427 g/mol. The number of thiocarbonyl (C=S) groups is 1. The lowest BCUT2D eigenvalue weighted by Crippen LogP contribution is -2.40. The zero-order chi connectivity index (χ0) is 20.8. The first-order chi connectivity index (χ1) is 14.7. The SMILES string of the molecule is C[C@@H]1CCCCN1c1cc(N2CCOCC2)nc(NC(=S)NCc2cccnc2)n1. The lowest BCUT2D eigenvalue weighted by Gasteiger charge is -2.35. The largest absolute Gasteiger partial charge is 0.378 e. The fourth-order valence-corrected chi connectivity index (χ4v) is 4.01. The normalized spacial score (nSPS) is 19.4. The van der Waals surface area contributed by atoms with E-state index in [1.54, 1.807) is 6.20 Å². The Hall–Kier alpha value is -2.52. The van der Waals surface area contributed by atoms with Gasteiger partial charge in [-0.15, -0.1) is 0 Å². The molecule has 0 bridgehead atoms. The summed E-state index contributed by atoms with van der Waals surface area (Å²) in [7, 11) is 0. The van der Waals surface area contributed by atoms with Crippen LogP contribution < -0.4 is 20.4 Å². The first-order valence-corrected chi connectivity index (χ1v) is 11.0. The standard InChI is InChI=1S/C21H29N7OS/c1-16-5-2-3-8-28(16)19-13-18(27-9-11-29-12-10-27)24-20(25-19)26-21(30)23-15-17-6-4-7-22-14-17/h4,6-7,13-14,16H,2-3,5,8-12,15H2,1H3,(H2,23,24,25,26,30)/t16-/m1/s1. The van der Waals surface area contributed by atoms with Crippen LogP contribution in [0.4, 0.5) is 17.6 Å². The molecule has 4 rings (SSSR count). The van der Waals surface area contributed by atoms with Crippen molar-refractivity contribution in [1.82, 2.24) is 20.3 Å². The third-order valence-electron chi connectivity index (χ3n) is 5.53. The minimum absolute atomic E-state index is 0.467. The molecule has 0 amide bonds. The first kappa shape index (κ1) is 20.7. The maximum Gasteiger partial charge on any atom is 0.232 e. The van der Waals surface area contributed by atoms with Crippen LogP contribution in [0.3, 0.4) is 0 Å². The molecule has 9 heteroatoms. The lowest BCUT2D eigenvalue weighted by atomic mass is 10.0. The Morgan fingerprint density at radius 2 is 2.03 bits per heavy atom. The molecule has 4 heterocycles. The van der Waals surface area contributed by atoms with Crippen molar-refractivity contribution in [3.05, 3.63) is 36.2 Å². The Bertz CT molecular complexity index is 845. The van der Waals surface area contributed by atoms with E-state index in [1.807, 2.05) is 18.3 Å². The molecule has 8 nitrogen and oxygen atoms in total. The average molecular weight is 428 g/mol. The van der Waals surface area contributed by atoms with E-state index in [0.29, 0.717) is 36.9 Å². The predicted octanol–water partition coefficient (Wildman–Crippen LogP) is 2.57. The number of hydrogen-bond donors (Lipinski definition) is 2. The molecule has 2 aliphatic rings. The Kier molecular flexibility index (Phi) is 6.91. The summed E-state index contributed by atoms with van der Waals surface area (Å²) in [6.07, 6.45) is 7.22. The minimum atomic E-state index is 0.467. The van der Waals surface area contributed by atoms with Crippen LogP contribution in [-0.4, -0.2) is 59.0 Å². The molecule has 0 aliphatic carbocycles. The number of hydrogen-bond acceptors (Lipinski definition) is 7. The van der Waals surface area contributed by atoms with E-state index in [-0.39, 0.29) is 0 Å². The second-order valence-corrected chi connectivity index (χ2v) is 8.12. The fourth-order valence-electron chi connectivity index (χ4n) is 3.85. The van der Waals surface area contributed by atoms with Gasteiger partial charge in [0, 0.05) is 50.7 Å². The smallest absolute Gasteiger partial charge is 0.232 e. The quantitative estimate of drug-likeness (QED) is 0.700. The molecule has 0 aromatic carbocycles. The van der Waals surface area contributed by atoms with Gasteiger partial charge >= 0.3 is 0 Å². The van der Waals surface area contributed by atoms with Crippen molar-refractivity contribution in [1.29, 1.82) is 0 Å². The highest BCUT2D eigenvalue weighted by molar-refractivity contribution is 7.80. The van der Waals surface area contributed by atoms with E-state index in [1.165, 1.54) is 19.3 Å². The summed E-state index contributed by atoms with van der Waals surface area (Å²) in [6, 6.07) is 6.49. The molecule has 0 spiro atoms. The van der Waals surface area contributed by atoms with Crippen LogP contribution in [0.2, 0.25) is 0 Å². The van der Waals surface area contributed by atoms with Gasteiger partial charge in [-0.3, -0.25) is 4.98 Å². The maximum absolute atomic E-state index is 5.51. The molecule has 2 fully saturated rings. The molecule has 2 saturated heterocycles. The summed E-state index contributed by atoms with van der Waals surface area (Å²) in [4.78, 5) is 18.3. The molecule has 0 radical (unpaired) electrons. The molecule has 160 valence electrons. The van der Waals surface area contributed by atoms with Gasteiger partial charge in [-0.1, -0.05) is 6.07 Å². The summed E-state index contributed by atoms with van der Waals surface area (Å²) in [6.45, 7) is 6.97. The number of anilines is 3. The summed E-state index contributed by atoms with van der Waals surface area (Å²) >= 11 is 5.49. The van der Waals surface area contributed by atoms with Crippen molar-refractivity contribution in [2.24, 2.45) is 0 Å². The van der Waals surface area contributed by atoms with E-state index in [0.717, 1.165) is 36.8 Å². The van der Waals surface area contributed by atoms with Crippen LogP contribution in [0, 0.1) is 0 Å². The molecule has 2 aliphatic heterocycles. The van der Waals surface area contributed by atoms with Crippen LogP contribution in [0.15, 0.2) is 30.6 Å². The van der Waals surface area contributed by atoms with Gasteiger partial charge in [-0.2, -0.15) is 9.97 Å². The predicted molar refractivity (Wildman–Crippen MR) is 123 cm³/mol. The maximum atomic E-state index is 5.51. The molecule has 2 N–H and O–H groups in total. The molecule has 2 aromatic heterocycles. The summed E-state index contributed by atoms with van der Waals surface area (Å²) in [5, 5.41) is 6.88. The van der Waals surface area contributed by atoms with Gasteiger partial charge in [-0.25, -0.2) is 0 Å². The highest BCUT2D eigenvalue weighted by atomic mass is 32.1. The topological polar surface area (TPSA) is 78.4 Å². The van der Waals surface area contributed by atoms with E-state index < -0.39 is 0 Å².